The Hall–Kier alpha value is -5.17. The molecule has 10 fully saturated rings. The van der Waals surface area contributed by atoms with Gasteiger partial charge in [0.2, 0.25) is 53.5 Å². The van der Waals surface area contributed by atoms with Gasteiger partial charge in [-0.25, -0.2) is 0 Å². The minimum atomic E-state index is -0.327. The van der Waals surface area contributed by atoms with Crippen molar-refractivity contribution in [3.63, 3.8) is 0 Å². The number of hydrogen-bond donors (Lipinski definition) is 0. The van der Waals surface area contributed by atoms with Gasteiger partial charge in [-0.05, 0) is 318 Å². The average Bonchev–Trinajstić information content (AvgIpc) is 0.744. The van der Waals surface area contributed by atoms with E-state index in [4.69, 9.17) is 69.0 Å². The molecule has 0 aromatic carbocycles. The van der Waals surface area contributed by atoms with Crippen molar-refractivity contribution >= 4 is 53.5 Å². The van der Waals surface area contributed by atoms with E-state index in [-0.39, 0.29) is 123 Å². The zero-order valence-corrected chi connectivity index (χ0v) is 98.3. The first-order valence-corrected chi connectivity index (χ1v) is 60.0. The standard InChI is InChI=1S/C117H215N23O5.5H2/c1-30-34-71-128(27)100-118-99(127(25)26)119-104(121-100)132(90-81-110(9,10)137(111(11,12)82-90)142-95-63-49-43-50-64-95)75-57-38-40-59-77-134(92-85-114(17,18)139(115(19,20)86-92)144-97-67-53-45-54-68-97)106-123-102(130(29)89-79-108(5,6)136(109(7,8)80-89)141-94-61-47-42-48-62-94)124-107(126-106)135(93-87-116(21,22)140(117(23,24)88-93)145-98-69-55-46-56-70-98)78-60-41-39-58-76-133(91-83-112(13,14)138(113(15,16)84-91)143-96-65-51-44-52-66-96)105-122-101(129(28)72-35-31-2)120-103(125-105)131(73-36-32-3)74-37-33-4;;;;;/h89-98H,30-88H2,1-29H3;5*1H. The van der Waals surface area contributed by atoms with Gasteiger partial charge in [0.05, 0.1) is 30.5 Å². The molecule has 28 nitrogen and oxygen atoms in total. The van der Waals surface area contributed by atoms with Crippen LogP contribution in [0.1, 0.15) is 501 Å². The number of hydroxylamine groups is 10. The van der Waals surface area contributed by atoms with Gasteiger partial charge in [0, 0.05) is 180 Å². The van der Waals surface area contributed by atoms with Crippen LogP contribution in [-0.2, 0) is 24.2 Å². The molecule has 0 amide bonds. The maximum absolute atomic E-state index is 7.44. The van der Waals surface area contributed by atoms with Crippen LogP contribution in [0, 0.1) is 0 Å². The summed E-state index contributed by atoms with van der Waals surface area (Å²) in [6.07, 6.45) is 56.8. The highest BCUT2D eigenvalue weighted by molar-refractivity contribution is 5.51. The first-order valence-electron chi connectivity index (χ1n) is 60.0. The van der Waals surface area contributed by atoms with E-state index in [2.05, 4.69) is 271 Å². The van der Waals surface area contributed by atoms with Crippen molar-refractivity contribution in [3.05, 3.63) is 0 Å². The normalized spacial score (nSPS) is 23.7. The Morgan fingerprint density at radius 2 is 0.414 bits per heavy atom. The maximum Gasteiger partial charge on any atom is 0.232 e. The lowest BCUT2D eigenvalue weighted by atomic mass is 9.78. The van der Waals surface area contributed by atoms with Gasteiger partial charge in [-0.3, -0.25) is 24.2 Å². The summed E-state index contributed by atoms with van der Waals surface area (Å²) in [6, 6.07) is 0.547. The van der Waals surface area contributed by atoms with Crippen molar-refractivity contribution in [1.82, 2.24) is 70.2 Å². The Morgan fingerprint density at radius 3 is 0.648 bits per heavy atom. The lowest BCUT2D eigenvalue weighted by Crippen LogP contribution is -2.65. The van der Waals surface area contributed by atoms with Gasteiger partial charge in [0.15, 0.2) is 0 Å². The number of anilines is 9. The Kier molecular flexibility index (Phi) is 41.3. The summed E-state index contributed by atoms with van der Waals surface area (Å²) in [5, 5.41) is 12.2. The van der Waals surface area contributed by atoms with Crippen LogP contribution in [0.5, 0.6) is 0 Å². The second kappa shape index (κ2) is 51.3. The molecule has 5 aliphatic carbocycles. The Bertz CT molecular complexity index is 4220. The summed E-state index contributed by atoms with van der Waals surface area (Å²) in [5.74, 6) is 6.97. The largest absolute Gasteiger partial charge is 0.347 e. The van der Waals surface area contributed by atoms with E-state index in [9.17, 15) is 0 Å². The SMILES string of the molecule is CCCCN(C)c1nc(N(C)C)nc(N(CCCCCCN(c2nc(N(C)C3CC(C)(C)N(OC4CCCCC4)C(C)(C)C3)nc(N(CCCCCCN(c3nc(N(C)CCCC)nc(N(CCCC)CCCC)n3)C3CC(C)(C)N(OC4CCCCC4)C(C)(C)C3)C3CC(C)(C)N(OC4CCCCC4)C(C)(C)C3)n2)C2CC(C)(C)N(OC3CCCCC3)C(C)(C)C2)C2CC(C)(C)N(OC3CCCCC3)C(C)(C)C2)n1.[HH].[HH].[HH].[HH].[HH]. The average molecular weight is 2030 g/mol. The van der Waals surface area contributed by atoms with Crippen molar-refractivity contribution < 1.29 is 31.3 Å². The van der Waals surface area contributed by atoms with Crippen LogP contribution >= 0.6 is 0 Å². The molecular formula is C117H225N23O5. The molecule has 3 aromatic rings. The first kappa shape index (κ1) is 117. The lowest BCUT2D eigenvalue weighted by molar-refractivity contribution is -0.310. The quantitative estimate of drug-likeness (QED) is 0.0481. The van der Waals surface area contributed by atoms with E-state index >= 15 is 0 Å². The van der Waals surface area contributed by atoms with Crippen molar-refractivity contribution in [1.29, 1.82) is 0 Å². The molecule has 28 heteroatoms. The highest BCUT2D eigenvalue weighted by Gasteiger charge is 2.57. The number of hydrogen-bond acceptors (Lipinski definition) is 28. The highest BCUT2D eigenvalue weighted by atomic mass is 16.7. The van der Waals surface area contributed by atoms with Gasteiger partial charge in [-0.2, -0.15) is 70.2 Å². The molecule has 8 heterocycles. The summed E-state index contributed by atoms with van der Waals surface area (Å²) < 4.78 is 0. The molecule has 5 aliphatic heterocycles. The molecule has 5 saturated heterocycles. The van der Waals surface area contributed by atoms with E-state index in [0.717, 1.165) is 331 Å². The molecule has 0 bridgehead atoms. The third-order valence-corrected chi connectivity index (χ3v) is 35.1. The summed E-state index contributed by atoms with van der Waals surface area (Å²) >= 11 is 0. The zero-order valence-electron chi connectivity index (χ0n) is 98.3. The van der Waals surface area contributed by atoms with Crippen molar-refractivity contribution in [2.45, 2.75) is 610 Å². The van der Waals surface area contributed by atoms with Gasteiger partial charge in [0.25, 0.3) is 0 Å². The van der Waals surface area contributed by atoms with Crippen LogP contribution in [0.2, 0.25) is 0 Å². The summed E-state index contributed by atoms with van der Waals surface area (Å²) in [7, 11) is 10.8. The van der Waals surface area contributed by atoms with Crippen LogP contribution in [0.25, 0.3) is 0 Å². The second-order valence-corrected chi connectivity index (χ2v) is 53.8. The lowest BCUT2D eigenvalue weighted by Gasteiger charge is -2.57. The monoisotopic (exact) mass is 2030 g/mol. The molecule has 10 aliphatic rings. The van der Waals surface area contributed by atoms with Gasteiger partial charge < -0.3 is 44.1 Å². The molecule has 0 N–H and O–H groups in total. The third kappa shape index (κ3) is 30.7. The molecule has 0 radical (unpaired) electrons. The molecule has 3 aromatic heterocycles. The maximum atomic E-state index is 7.44. The van der Waals surface area contributed by atoms with Crippen molar-refractivity contribution in [3.8, 4) is 0 Å². The van der Waals surface area contributed by atoms with Crippen molar-refractivity contribution in [2.75, 3.05) is 132 Å². The minimum Gasteiger partial charge on any atom is -0.347 e. The third-order valence-electron chi connectivity index (χ3n) is 35.1. The number of piperidine rings is 5. The van der Waals surface area contributed by atoms with Gasteiger partial charge in [0.1, 0.15) is 0 Å². The fourth-order valence-corrected chi connectivity index (χ4v) is 28.4. The Labute approximate surface area is 891 Å². The van der Waals surface area contributed by atoms with Crippen molar-refractivity contribution in [2.24, 2.45) is 0 Å². The van der Waals surface area contributed by atoms with Crippen LogP contribution in [0.4, 0.5) is 53.5 Å². The van der Waals surface area contributed by atoms with Gasteiger partial charge in [-0.1, -0.05) is 175 Å². The molecule has 0 unspecified atom stereocenters. The number of unbranched alkanes of at least 4 members (excludes halogenated alkanes) is 10. The van der Waals surface area contributed by atoms with Gasteiger partial charge >= 0.3 is 0 Å². The Morgan fingerprint density at radius 1 is 0.221 bits per heavy atom. The summed E-state index contributed by atoms with van der Waals surface area (Å²) in [4.78, 5) is 110. The van der Waals surface area contributed by atoms with Crippen LogP contribution in [0.15, 0.2) is 0 Å². The molecule has 838 valence electrons. The highest BCUT2D eigenvalue weighted by Crippen LogP contribution is 2.51. The Balaban J connectivity index is 0.00000548. The smallest absolute Gasteiger partial charge is 0.232 e. The van der Waals surface area contributed by atoms with Crippen LogP contribution in [0.3, 0.4) is 0 Å². The number of nitrogens with zero attached hydrogens (tertiary/aromatic N) is 23. The summed E-state index contributed by atoms with van der Waals surface area (Å²) in [6.45, 7) is 64.9. The van der Waals surface area contributed by atoms with Gasteiger partial charge in [-0.15, -0.1) is 0 Å². The predicted molar refractivity (Wildman–Crippen MR) is 612 cm³/mol. The molecule has 5 saturated carbocycles. The molecule has 0 atom stereocenters. The van der Waals surface area contributed by atoms with E-state index in [1.54, 1.807) is 0 Å². The zero-order chi connectivity index (χ0) is 105. The predicted octanol–water partition coefficient (Wildman–Crippen LogP) is 27.0. The topological polar surface area (TPSA) is 208 Å². The minimum absolute atomic E-state index is 0. The second-order valence-electron chi connectivity index (χ2n) is 53.8. The van der Waals surface area contributed by atoms with E-state index < -0.39 is 0 Å². The van der Waals surface area contributed by atoms with E-state index in [1.165, 1.54) is 96.3 Å². The van der Waals surface area contributed by atoms with Crippen LogP contribution in [-0.4, -0.2) is 274 Å². The first-order chi connectivity index (χ1) is 68.7. The van der Waals surface area contributed by atoms with E-state index in [0.29, 0.717) is 5.95 Å². The molecule has 0 spiro atoms. The summed E-state index contributed by atoms with van der Waals surface area (Å²) in [5.41, 5.74) is -2.90. The number of rotatable bonds is 50. The molecule has 145 heavy (non-hydrogen) atoms. The van der Waals surface area contributed by atoms with E-state index in [1.807, 2.05) is 0 Å². The fraction of sp³-hybridized carbons (Fsp3) is 0.923. The molecule has 13 rings (SSSR count). The fourth-order valence-electron chi connectivity index (χ4n) is 28.4. The van der Waals surface area contributed by atoms with Crippen LogP contribution < -0.4 is 44.1 Å². The number of aromatic nitrogens is 9. The molecular weight excluding hydrogens is 1810 g/mol.